The van der Waals surface area contributed by atoms with E-state index >= 15 is 0 Å². The van der Waals surface area contributed by atoms with Crippen LogP contribution in [0.5, 0.6) is 0 Å². The van der Waals surface area contributed by atoms with Crippen LogP contribution in [0.15, 0.2) is 42.6 Å². The highest BCUT2D eigenvalue weighted by molar-refractivity contribution is 5.98. The molecule has 0 spiro atoms. The fourth-order valence-electron chi connectivity index (χ4n) is 2.49. The number of benzene rings is 1. The number of amides is 1. The first-order valence-corrected chi connectivity index (χ1v) is 7.19. The maximum Gasteiger partial charge on any atom is 0.252 e. The molecule has 2 heterocycles. The van der Waals surface area contributed by atoms with E-state index in [1.165, 1.54) is 0 Å². The Morgan fingerprint density at radius 2 is 1.95 bits per heavy atom. The molecule has 22 heavy (non-hydrogen) atoms. The third-order valence-corrected chi connectivity index (χ3v) is 3.58. The van der Waals surface area contributed by atoms with Gasteiger partial charge < -0.3 is 20.7 Å². The molecule has 0 saturated carbocycles. The van der Waals surface area contributed by atoms with Crippen LogP contribution in [0.25, 0.3) is 0 Å². The maximum absolute atomic E-state index is 11.5. The molecule has 114 valence electrons. The summed E-state index contributed by atoms with van der Waals surface area (Å²) in [6.07, 6.45) is 1.63. The maximum atomic E-state index is 11.5. The highest BCUT2D eigenvalue weighted by Gasteiger charge is 2.16. The third-order valence-electron chi connectivity index (χ3n) is 3.58. The minimum absolute atomic E-state index is 0.374. The molecule has 0 unspecified atom stereocenters. The summed E-state index contributed by atoms with van der Waals surface area (Å²) < 4.78 is 5.39. The Labute approximate surface area is 128 Å². The Morgan fingerprint density at radius 3 is 2.73 bits per heavy atom. The number of carbonyl (C=O) groups is 1. The van der Waals surface area contributed by atoms with Crippen LogP contribution in [0.2, 0.25) is 0 Å². The normalized spacial score (nSPS) is 14.6. The number of rotatable bonds is 4. The van der Waals surface area contributed by atoms with Gasteiger partial charge >= 0.3 is 0 Å². The standard InChI is InChI=1S/C16H18N4O2/c17-15(21)12-4-3-7-18-16(12)19-13-5-1-2-6-14(13)20-8-10-22-11-9-20/h1-7H,8-11H2,(H2,17,21)(H,18,19). The van der Waals surface area contributed by atoms with Gasteiger partial charge in [0.2, 0.25) is 0 Å². The molecule has 1 amide bonds. The number of nitrogens with two attached hydrogens (primary N) is 1. The Bertz CT molecular complexity index is 669. The number of nitrogens with one attached hydrogen (secondary N) is 1. The van der Waals surface area contributed by atoms with Crippen LogP contribution in [-0.4, -0.2) is 37.2 Å². The zero-order valence-corrected chi connectivity index (χ0v) is 12.2. The number of hydrogen-bond acceptors (Lipinski definition) is 5. The largest absolute Gasteiger partial charge is 0.378 e. The van der Waals surface area contributed by atoms with E-state index in [0.29, 0.717) is 24.6 Å². The van der Waals surface area contributed by atoms with E-state index in [2.05, 4.69) is 15.2 Å². The van der Waals surface area contributed by atoms with Crippen molar-refractivity contribution in [3.63, 3.8) is 0 Å². The van der Waals surface area contributed by atoms with Crippen LogP contribution in [0.4, 0.5) is 17.2 Å². The molecule has 0 atom stereocenters. The number of pyridine rings is 1. The number of hydrogen-bond donors (Lipinski definition) is 2. The van der Waals surface area contributed by atoms with Crippen molar-refractivity contribution in [2.75, 3.05) is 36.5 Å². The quantitative estimate of drug-likeness (QED) is 0.899. The first-order chi connectivity index (χ1) is 10.8. The summed E-state index contributed by atoms with van der Waals surface area (Å²) in [7, 11) is 0. The van der Waals surface area contributed by atoms with Crippen molar-refractivity contribution in [3.05, 3.63) is 48.2 Å². The second-order valence-corrected chi connectivity index (χ2v) is 5.01. The zero-order valence-electron chi connectivity index (χ0n) is 12.2. The molecule has 1 aliphatic heterocycles. The highest BCUT2D eigenvalue weighted by Crippen LogP contribution is 2.29. The lowest BCUT2D eigenvalue weighted by molar-refractivity contribution is 0.100. The molecule has 6 heteroatoms. The minimum Gasteiger partial charge on any atom is -0.378 e. The van der Waals surface area contributed by atoms with Gasteiger partial charge in [0.05, 0.1) is 30.2 Å². The van der Waals surface area contributed by atoms with Crippen molar-refractivity contribution in [2.45, 2.75) is 0 Å². The van der Waals surface area contributed by atoms with Crippen molar-refractivity contribution in [1.82, 2.24) is 4.98 Å². The highest BCUT2D eigenvalue weighted by atomic mass is 16.5. The van der Waals surface area contributed by atoms with Gasteiger partial charge in [0.25, 0.3) is 5.91 Å². The van der Waals surface area contributed by atoms with Gasteiger partial charge in [-0.25, -0.2) is 4.98 Å². The van der Waals surface area contributed by atoms with Gasteiger partial charge in [-0.1, -0.05) is 12.1 Å². The lowest BCUT2D eigenvalue weighted by Gasteiger charge is -2.30. The first kappa shape index (κ1) is 14.3. The van der Waals surface area contributed by atoms with Gasteiger partial charge in [-0.3, -0.25) is 4.79 Å². The molecule has 2 aromatic rings. The van der Waals surface area contributed by atoms with Gasteiger partial charge in [0, 0.05) is 19.3 Å². The first-order valence-electron chi connectivity index (χ1n) is 7.19. The molecule has 0 radical (unpaired) electrons. The number of aromatic nitrogens is 1. The van der Waals surface area contributed by atoms with Crippen LogP contribution >= 0.6 is 0 Å². The van der Waals surface area contributed by atoms with Crippen LogP contribution in [0.3, 0.4) is 0 Å². The van der Waals surface area contributed by atoms with Crippen molar-refractivity contribution in [3.8, 4) is 0 Å². The van der Waals surface area contributed by atoms with Gasteiger partial charge in [0.1, 0.15) is 5.82 Å². The summed E-state index contributed by atoms with van der Waals surface area (Å²) in [6.45, 7) is 3.10. The summed E-state index contributed by atoms with van der Waals surface area (Å²) in [6, 6.07) is 11.3. The fraction of sp³-hybridized carbons (Fsp3) is 0.250. The minimum atomic E-state index is -0.501. The number of morpholine rings is 1. The van der Waals surface area contributed by atoms with Crippen LogP contribution in [0, 0.1) is 0 Å². The summed E-state index contributed by atoms with van der Waals surface area (Å²) in [4.78, 5) is 18.0. The summed E-state index contributed by atoms with van der Waals surface area (Å²) >= 11 is 0. The van der Waals surface area contributed by atoms with Crippen molar-refractivity contribution in [2.24, 2.45) is 5.73 Å². The van der Waals surface area contributed by atoms with E-state index in [1.807, 2.05) is 24.3 Å². The molecule has 1 aromatic carbocycles. The molecule has 3 N–H and O–H groups in total. The Kier molecular flexibility index (Phi) is 4.20. The average Bonchev–Trinajstić information content (AvgIpc) is 2.56. The topological polar surface area (TPSA) is 80.5 Å². The van der Waals surface area contributed by atoms with Gasteiger partial charge in [0.15, 0.2) is 0 Å². The smallest absolute Gasteiger partial charge is 0.252 e. The van der Waals surface area contributed by atoms with E-state index in [9.17, 15) is 4.79 Å². The van der Waals surface area contributed by atoms with E-state index < -0.39 is 5.91 Å². The van der Waals surface area contributed by atoms with Crippen molar-refractivity contribution in [1.29, 1.82) is 0 Å². The summed E-state index contributed by atoms with van der Waals surface area (Å²) in [5.74, 6) is -0.0323. The molecule has 1 fully saturated rings. The third kappa shape index (κ3) is 3.01. The SMILES string of the molecule is NC(=O)c1cccnc1Nc1ccccc1N1CCOCC1. The van der Waals surface area contributed by atoms with Crippen LogP contribution in [0.1, 0.15) is 10.4 Å². The van der Waals surface area contributed by atoms with Gasteiger partial charge in [-0.15, -0.1) is 0 Å². The number of ether oxygens (including phenoxy) is 1. The second-order valence-electron chi connectivity index (χ2n) is 5.01. The summed E-state index contributed by atoms with van der Waals surface area (Å²) in [5.41, 5.74) is 7.73. The lowest BCUT2D eigenvalue weighted by atomic mass is 10.2. The Balaban J connectivity index is 1.91. The monoisotopic (exact) mass is 298 g/mol. The number of anilines is 3. The molecule has 0 bridgehead atoms. The molecule has 1 saturated heterocycles. The number of nitrogens with zero attached hydrogens (tertiary/aromatic N) is 2. The van der Waals surface area contributed by atoms with E-state index in [-0.39, 0.29) is 0 Å². The molecule has 3 rings (SSSR count). The Morgan fingerprint density at radius 1 is 1.18 bits per heavy atom. The van der Waals surface area contributed by atoms with Gasteiger partial charge in [-0.2, -0.15) is 0 Å². The average molecular weight is 298 g/mol. The number of primary amides is 1. The predicted molar refractivity (Wildman–Crippen MR) is 85.5 cm³/mol. The molecular formula is C16H18N4O2. The van der Waals surface area contributed by atoms with Gasteiger partial charge in [-0.05, 0) is 24.3 Å². The molecule has 1 aliphatic rings. The predicted octanol–water partition coefficient (Wildman–Crippen LogP) is 1.76. The summed E-state index contributed by atoms with van der Waals surface area (Å²) in [5, 5.41) is 3.23. The number of para-hydroxylation sites is 2. The van der Waals surface area contributed by atoms with E-state index in [1.54, 1.807) is 18.3 Å². The number of carbonyl (C=O) groups excluding carboxylic acids is 1. The molecule has 6 nitrogen and oxygen atoms in total. The lowest BCUT2D eigenvalue weighted by Crippen LogP contribution is -2.36. The molecule has 1 aromatic heterocycles. The van der Waals surface area contributed by atoms with E-state index in [4.69, 9.17) is 10.5 Å². The van der Waals surface area contributed by atoms with Crippen molar-refractivity contribution < 1.29 is 9.53 Å². The second kappa shape index (κ2) is 6.44. The molecule has 0 aliphatic carbocycles. The van der Waals surface area contributed by atoms with E-state index in [0.717, 1.165) is 24.5 Å². The Hall–Kier alpha value is -2.60. The van der Waals surface area contributed by atoms with Crippen LogP contribution in [-0.2, 0) is 4.74 Å². The molecular weight excluding hydrogens is 280 g/mol. The fourth-order valence-corrected chi connectivity index (χ4v) is 2.49. The van der Waals surface area contributed by atoms with Crippen molar-refractivity contribution >= 4 is 23.1 Å². The van der Waals surface area contributed by atoms with Crippen LogP contribution < -0.4 is 16.0 Å². The zero-order chi connectivity index (χ0) is 15.4.